The number of guanidine groups is 1. The number of anilines is 1. The van der Waals surface area contributed by atoms with E-state index < -0.39 is 0 Å². The minimum Gasteiger partial charge on any atom is -0.375 e. The molecular formula is C23H37N7S. The summed E-state index contributed by atoms with van der Waals surface area (Å²) in [6, 6.07) is 11.0. The number of hydrogen-bond donors (Lipinski definition) is 2. The lowest BCUT2D eigenvalue weighted by Crippen LogP contribution is -2.43. The molecule has 1 aliphatic rings. The number of nitrogens with one attached hydrogen (secondary N) is 2. The number of aryl methyl sites for hydroxylation is 1. The fourth-order valence-electron chi connectivity index (χ4n) is 3.88. The van der Waals surface area contributed by atoms with Crippen LogP contribution < -0.4 is 15.5 Å². The summed E-state index contributed by atoms with van der Waals surface area (Å²) in [5, 5.41) is 16.4. The van der Waals surface area contributed by atoms with Crippen LogP contribution in [0.25, 0.3) is 0 Å². The third-order valence-electron chi connectivity index (χ3n) is 5.85. The number of benzene rings is 1. The number of aliphatic imine (C=N–C) groups is 1. The molecule has 0 amide bonds. The molecule has 2 unspecified atom stereocenters. The predicted molar refractivity (Wildman–Crippen MR) is 132 cm³/mol. The molecule has 170 valence electrons. The predicted octanol–water partition coefficient (Wildman–Crippen LogP) is 3.36. The lowest BCUT2D eigenvalue weighted by molar-refractivity contribution is 0.607. The largest absolute Gasteiger partial charge is 0.375 e. The van der Waals surface area contributed by atoms with Crippen LogP contribution in [0.1, 0.15) is 44.3 Å². The van der Waals surface area contributed by atoms with E-state index in [4.69, 9.17) is 4.99 Å². The molecule has 1 heterocycles. The van der Waals surface area contributed by atoms with Crippen molar-refractivity contribution in [2.24, 2.45) is 12.0 Å². The van der Waals surface area contributed by atoms with Gasteiger partial charge in [-0.15, -0.1) is 10.2 Å². The van der Waals surface area contributed by atoms with Crippen LogP contribution >= 0.6 is 11.8 Å². The molecule has 8 heteroatoms. The van der Waals surface area contributed by atoms with Gasteiger partial charge in [-0.1, -0.05) is 25.1 Å². The number of para-hydroxylation sites is 1. The van der Waals surface area contributed by atoms with Crippen molar-refractivity contribution in [2.45, 2.75) is 57.4 Å². The van der Waals surface area contributed by atoms with Crippen LogP contribution in [0.15, 0.2) is 35.3 Å². The van der Waals surface area contributed by atoms with E-state index in [1.165, 1.54) is 30.7 Å². The SMILES string of the molecule is CCSC1CCC(NC(=NCc2nnc(C)n2C)NCCCN(C)c2ccccc2)C1. The summed E-state index contributed by atoms with van der Waals surface area (Å²) in [5.41, 5.74) is 1.25. The van der Waals surface area contributed by atoms with Gasteiger partial charge < -0.3 is 20.1 Å². The number of hydrogen-bond acceptors (Lipinski definition) is 5. The molecule has 0 saturated heterocycles. The fourth-order valence-corrected chi connectivity index (χ4v) is 5.02. The highest BCUT2D eigenvalue weighted by atomic mass is 32.2. The van der Waals surface area contributed by atoms with Crippen LogP contribution in [0.2, 0.25) is 0 Å². The maximum absolute atomic E-state index is 4.83. The molecule has 2 aromatic rings. The van der Waals surface area contributed by atoms with E-state index in [0.717, 1.165) is 42.4 Å². The number of rotatable bonds is 10. The van der Waals surface area contributed by atoms with Crippen LogP contribution in [-0.2, 0) is 13.6 Å². The first-order valence-corrected chi connectivity index (χ1v) is 12.4. The first-order valence-electron chi connectivity index (χ1n) is 11.3. The molecule has 0 spiro atoms. The second-order valence-electron chi connectivity index (χ2n) is 8.16. The van der Waals surface area contributed by atoms with Crippen LogP contribution in [0.4, 0.5) is 5.69 Å². The van der Waals surface area contributed by atoms with Gasteiger partial charge in [0.2, 0.25) is 0 Å². The Morgan fingerprint density at radius 3 is 2.77 bits per heavy atom. The van der Waals surface area contributed by atoms with E-state index >= 15 is 0 Å². The summed E-state index contributed by atoms with van der Waals surface area (Å²) in [5.74, 6) is 3.87. The van der Waals surface area contributed by atoms with Crippen molar-refractivity contribution in [3.8, 4) is 0 Å². The lowest BCUT2D eigenvalue weighted by atomic mass is 10.2. The van der Waals surface area contributed by atoms with E-state index in [-0.39, 0.29) is 0 Å². The standard InChI is InChI=1S/C23H37N7S/c1-5-31-21-13-12-19(16-21)26-23(25-17-22-28-27-18(2)30(22)4)24-14-9-15-29(3)20-10-7-6-8-11-20/h6-8,10-11,19,21H,5,9,12-17H2,1-4H3,(H2,24,25,26). The molecule has 1 saturated carbocycles. The van der Waals surface area contributed by atoms with Crippen LogP contribution in [0.5, 0.6) is 0 Å². The van der Waals surface area contributed by atoms with Crippen molar-refractivity contribution >= 4 is 23.4 Å². The Balaban J connectivity index is 1.53. The van der Waals surface area contributed by atoms with Crippen molar-refractivity contribution in [3.05, 3.63) is 42.0 Å². The van der Waals surface area contributed by atoms with Crippen molar-refractivity contribution in [1.82, 2.24) is 25.4 Å². The molecule has 1 aliphatic carbocycles. The van der Waals surface area contributed by atoms with E-state index in [0.29, 0.717) is 12.6 Å². The van der Waals surface area contributed by atoms with Gasteiger partial charge in [0.1, 0.15) is 12.4 Å². The summed E-state index contributed by atoms with van der Waals surface area (Å²) in [6.45, 7) is 6.60. The Kier molecular flexibility index (Phi) is 9.06. The highest BCUT2D eigenvalue weighted by Crippen LogP contribution is 2.29. The van der Waals surface area contributed by atoms with Crippen LogP contribution in [0.3, 0.4) is 0 Å². The molecule has 7 nitrogen and oxygen atoms in total. The Labute approximate surface area is 191 Å². The second-order valence-corrected chi connectivity index (χ2v) is 9.73. The molecule has 1 fully saturated rings. The zero-order chi connectivity index (χ0) is 22.1. The quantitative estimate of drug-likeness (QED) is 0.333. The smallest absolute Gasteiger partial charge is 0.191 e. The minimum absolute atomic E-state index is 0.489. The Hall–Kier alpha value is -2.22. The lowest BCUT2D eigenvalue weighted by Gasteiger charge is -2.21. The summed E-state index contributed by atoms with van der Waals surface area (Å²) in [4.78, 5) is 7.12. The molecule has 3 rings (SSSR count). The zero-order valence-corrected chi connectivity index (χ0v) is 20.2. The van der Waals surface area contributed by atoms with Gasteiger partial charge >= 0.3 is 0 Å². The normalized spacial score (nSPS) is 18.9. The molecule has 1 aromatic carbocycles. The van der Waals surface area contributed by atoms with Gasteiger partial charge in [0, 0.05) is 44.2 Å². The molecule has 2 atom stereocenters. The first kappa shape index (κ1) is 23.4. The fraction of sp³-hybridized carbons (Fsp3) is 0.609. The number of aromatic nitrogens is 3. The number of thioether (sulfide) groups is 1. The molecular weight excluding hydrogens is 406 g/mol. The Bertz CT molecular complexity index is 821. The highest BCUT2D eigenvalue weighted by Gasteiger charge is 2.25. The molecule has 1 aromatic heterocycles. The maximum Gasteiger partial charge on any atom is 0.191 e. The third kappa shape index (κ3) is 7.16. The van der Waals surface area contributed by atoms with Gasteiger partial charge in [0.25, 0.3) is 0 Å². The second kappa shape index (κ2) is 12.0. The van der Waals surface area contributed by atoms with Gasteiger partial charge in [-0.2, -0.15) is 11.8 Å². The first-order chi connectivity index (χ1) is 15.1. The maximum atomic E-state index is 4.83. The van der Waals surface area contributed by atoms with Crippen molar-refractivity contribution in [3.63, 3.8) is 0 Å². The summed E-state index contributed by atoms with van der Waals surface area (Å²) in [6.07, 6.45) is 4.74. The van der Waals surface area contributed by atoms with Gasteiger partial charge in [-0.3, -0.25) is 0 Å². The molecule has 2 N–H and O–H groups in total. The molecule has 0 aliphatic heterocycles. The van der Waals surface area contributed by atoms with E-state index in [1.54, 1.807) is 0 Å². The van der Waals surface area contributed by atoms with Gasteiger partial charge in [0.15, 0.2) is 11.8 Å². The van der Waals surface area contributed by atoms with Crippen molar-refractivity contribution in [2.75, 3.05) is 30.8 Å². The zero-order valence-electron chi connectivity index (χ0n) is 19.3. The average molecular weight is 444 g/mol. The van der Waals surface area contributed by atoms with E-state index in [9.17, 15) is 0 Å². The van der Waals surface area contributed by atoms with Gasteiger partial charge in [-0.05, 0) is 50.5 Å². The van der Waals surface area contributed by atoms with Gasteiger partial charge in [0.05, 0.1) is 0 Å². The highest BCUT2D eigenvalue weighted by molar-refractivity contribution is 7.99. The van der Waals surface area contributed by atoms with E-state index in [1.807, 2.05) is 18.5 Å². The minimum atomic E-state index is 0.489. The Morgan fingerprint density at radius 2 is 2.06 bits per heavy atom. The average Bonchev–Trinajstić information content (AvgIpc) is 3.36. The van der Waals surface area contributed by atoms with Crippen molar-refractivity contribution < 1.29 is 0 Å². The topological polar surface area (TPSA) is 70.4 Å². The molecule has 0 bridgehead atoms. The monoisotopic (exact) mass is 443 g/mol. The molecule has 0 radical (unpaired) electrons. The van der Waals surface area contributed by atoms with Crippen LogP contribution in [0, 0.1) is 6.92 Å². The summed E-state index contributed by atoms with van der Waals surface area (Å²) in [7, 11) is 4.13. The van der Waals surface area contributed by atoms with Crippen molar-refractivity contribution in [1.29, 1.82) is 0 Å². The third-order valence-corrected chi connectivity index (χ3v) is 7.08. The summed E-state index contributed by atoms with van der Waals surface area (Å²) >= 11 is 2.08. The number of nitrogens with zero attached hydrogens (tertiary/aromatic N) is 5. The van der Waals surface area contributed by atoms with E-state index in [2.05, 4.69) is 81.8 Å². The summed E-state index contributed by atoms with van der Waals surface area (Å²) < 4.78 is 2.00. The Morgan fingerprint density at radius 1 is 1.26 bits per heavy atom. The molecule has 31 heavy (non-hydrogen) atoms. The van der Waals surface area contributed by atoms with Gasteiger partial charge in [-0.25, -0.2) is 4.99 Å². The van der Waals surface area contributed by atoms with Crippen LogP contribution in [-0.4, -0.2) is 57.9 Å².